The van der Waals surface area contributed by atoms with Crippen molar-refractivity contribution < 1.29 is 18.1 Å². The number of anilines is 1. The number of non-ortho nitro benzene ring substituents is 1. The maximum Gasteiger partial charge on any atom is 0.270 e. The number of rotatable bonds is 5. The van der Waals surface area contributed by atoms with Crippen LogP contribution >= 0.6 is 11.6 Å². The van der Waals surface area contributed by atoms with Crippen molar-refractivity contribution in [1.29, 1.82) is 0 Å². The first-order valence-electron chi connectivity index (χ1n) is 9.56. The fourth-order valence-corrected chi connectivity index (χ4v) is 5.35. The molecule has 2 aromatic rings. The molecule has 30 heavy (non-hydrogen) atoms. The van der Waals surface area contributed by atoms with E-state index in [0.29, 0.717) is 18.7 Å². The van der Waals surface area contributed by atoms with E-state index in [4.69, 9.17) is 11.6 Å². The summed E-state index contributed by atoms with van der Waals surface area (Å²) in [5, 5.41) is 13.6. The van der Waals surface area contributed by atoms with Gasteiger partial charge in [-0.1, -0.05) is 30.5 Å². The molecule has 10 heteroatoms. The van der Waals surface area contributed by atoms with Crippen molar-refractivity contribution in [2.24, 2.45) is 0 Å². The first kappa shape index (κ1) is 22.2. The number of nitrogens with zero attached hydrogens (tertiary/aromatic N) is 2. The van der Waals surface area contributed by atoms with Gasteiger partial charge in [-0.25, -0.2) is 8.42 Å². The van der Waals surface area contributed by atoms with Gasteiger partial charge in [-0.3, -0.25) is 14.9 Å². The van der Waals surface area contributed by atoms with E-state index >= 15 is 0 Å². The number of hydrogen-bond donors (Lipinski definition) is 1. The molecule has 1 aliphatic rings. The molecule has 0 unspecified atom stereocenters. The predicted octanol–water partition coefficient (Wildman–Crippen LogP) is 4.37. The molecule has 8 nitrogen and oxygen atoms in total. The highest BCUT2D eigenvalue weighted by Gasteiger charge is 2.27. The number of benzene rings is 2. The number of carbonyl (C=O) groups is 1. The summed E-state index contributed by atoms with van der Waals surface area (Å²) in [6, 6.07) is 8.19. The average Bonchev–Trinajstić information content (AvgIpc) is 2.99. The van der Waals surface area contributed by atoms with Crippen LogP contribution in [0, 0.1) is 17.0 Å². The Labute approximate surface area is 180 Å². The van der Waals surface area contributed by atoms with Crippen molar-refractivity contribution in [3.05, 3.63) is 62.7 Å². The summed E-state index contributed by atoms with van der Waals surface area (Å²) < 4.78 is 27.8. The van der Waals surface area contributed by atoms with Crippen LogP contribution in [0.5, 0.6) is 0 Å². The number of hydrogen-bond acceptors (Lipinski definition) is 5. The second-order valence-corrected chi connectivity index (χ2v) is 9.49. The molecule has 0 radical (unpaired) electrons. The molecule has 0 spiro atoms. The normalized spacial score (nSPS) is 15.4. The van der Waals surface area contributed by atoms with E-state index in [1.807, 2.05) is 0 Å². The first-order chi connectivity index (χ1) is 14.2. The van der Waals surface area contributed by atoms with Gasteiger partial charge in [0, 0.05) is 30.9 Å². The number of sulfonamides is 1. The zero-order valence-corrected chi connectivity index (χ0v) is 18.0. The summed E-state index contributed by atoms with van der Waals surface area (Å²) in [7, 11) is -3.70. The lowest BCUT2D eigenvalue weighted by molar-refractivity contribution is -0.384. The predicted molar refractivity (Wildman–Crippen MR) is 114 cm³/mol. The zero-order chi connectivity index (χ0) is 21.9. The molecular weight excluding hydrogens is 430 g/mol. The molecule has 160 valence electrons. The van der Waals surface area contributed by atoms with Crippen LogP contribution in [0.25, 0.3) is 0 Å². The Kier molecular flexibility index (Phi) is 6.74. The Bertz CT molecular complexity index is 1080. The third-order valence-corrected chi connectivity index (χ3v) is 7.40. The number of nitro benzene ring substituents is 1. The lowest BCUT2D eigenvalue weighted by atomic mass is 10.1. The maximum atomic E-state index is 13.2. The highest BCUT2D eigenvalue weighted by molar-refractivity contribution is 7.89. The molecule has 0 saturated carbocycles. The van der Waals surface area contributed by atoms with Gasteiger partial charge >= 0.3 is 0 Å². The van der Waals surface area contributed by atoms with Gasteiger partial charge in [0.25, 0.3) is 11.6 Å². The smallest absolute Gasteiger partial charge is 0.270 e. The monoisotopic (exact) mass is 451 g/mol. The minimum absolute atomic E-state index is 0.0580. The van der Waals surface area contributed by atoms with Crippen LogP contribution in [0.4, 0.5) is 11.4 Å². The van der Waals surface area contributed by atoms with Gasteiger partial charge in [0.15, 0.2) is 0 Å². The van der Waals surface area contributed by atoms with Crippen LogP contribution in [0.2, 0.25) is 5.02 Å². The number of aryl methyl sites for hydroxylation is 1. The van der Waals surface area contributed by atoms with Gasteiger partial charge in [-0.15, -0.1) is 0 Å². The first-order valence-corrected chi connectivity index (χ1v) is 11.4. The maximum absolute atomic E-state index is 13.2. The summed E-state index contributed by atoms with van der Waals surface area (Å²) >= 11 is 6.02. The van der Waals surface area contributed by atoms with Crippen LogP contribution in [-0.2, 0) is 10.0 Å². The molecule has 1 heterocycles. The van der Waals surface area contributed by atoms with E-state index in [9.17, 15) is 23.3 Å². The van der Waals surface area contributed by atoms with Gasteiger partial charge < -0.3 is 5.32 Å². The summed E-state index contributed by atoms with van der Waals surface area (Å²) in [6.45, 7) is 2.65. The van der Waals surface area contributed by atoms with Crippen LogP contribution < -0.4 is 5.32 Å². The molecule has 1 aliphatic heterocycles. The summed E-state index contributed by atoms with van der Waals surface area (Å²) in [4.78, 5) is 23.1. The number of nitrogens with one attached hydrogen (secondary N) is 1. The van der Waals surface area contributed by atoms with Gasteiger partial charge in [0.05, 0.1) is 20.4 Å². The van der Waals surface area contributed by atoms with Crippen molar-refractivity contribution >= 4 is 38.9 Å². The van der Waals surface area contributed by atoms with E-state index in [-0.39, 0.29) is 26.9 Å². The van der Waals surface area contributed by atoms with Crippen molar-refractivity contribution in [3.8, 4) is 0 Å². The average molecular weight is 452 g/mol. The molecule has 0 atom stereocenters. The summed E-state index contributed by atoms with van der Waals surface area (Å²) in [5.41, 5.74) is 0.508. The van der Waals surface area contributed by atoms with Gasteiger partial charge in [0.1, 0.15) is 0 Å². The Balaban J connectivity index is 1.89. The van der Waals surface area contributed by atoms with E-state index in [1.165, 1.54) is 22.5 Å². The summed E-state index contributed by atoms with van der Waals surface area (Å²) in [6.07, 6.45) is 3.65. The molecular formula is C20H22ClN3O5S. The summed E-state index contributed by atoms with van der Waals surface area (Å²) in [5.74, 6) is -0.661. The van der Waals surface area contributed by atoms with Crippen molar-refractivity contribution in [2.75, 3.05) is 18.4 Å². The molecule has 2 aromatic carbocycles. The zero-order valence-electron chi connectivity index (χ0n) is 16.4. The molecule has 0 aliphatic carbocycles. The van der Waals surface area contributed by atoms with E-state index in [2.05, 4.69) is 5.32 Å². The lowest BCUT2D eigenvalue weighted by Gasteiger charge is -2.21. The SMILES string of the molecule is Cc1ccc(NC(=O)c2cc([N+](=O)[O-])ccc2Cl)cc1S(=O)(=O)N1CCCCCC1. The second kappa shape index (κ2) is 9.11. The minimum atomic E-state index is -3.70. The molecule has 1 N–H and O–H groups in total. The molecule has 1 fully saturated rings. The highest BCUT2D eigenvalue weighted by atomic mass is 35.5. The number of carbonyl (C=O) groups excluding carboxylic acids is 1. The van der Waals surface area contributed by atoms with Crippen molar-refractivity contribution in [3.63, 3.8) is 0 Å². The molecule has 1 amide bonds. The van der Waals surface area contributed by atoms with Gasteiger partial charge in [-0.2, -0.15) is 4.31 Å². The van der Waals surface area contributed by atoms with Crippen LogP contribution in [0.15, 0.2) is 41.3 Å². The van der Waals surface area contributed by atoms with E-state index < -0.39 is 20.9 Å². The second-order valence-electron chi connectivity index (χ2n) is 7.17. The Morgan fingerprint density at radius 2 is 1.77 bits per heavy atom. The van der Waals surface area contributed by atoms with Gasteiger partial charge in [0.2, 0.25) is 10.0 Å². The largest absolute Gasteiger partial charge is 0.322 e. The fraction of sp³-hybridized carbons (Fsp3) is 0.350. The Morgan fingerprint density at radius 3 is 2.40 bits per heavy atom. The molecule has 1 saturated heterocycles. The van der Waals surface area contributed by atoms with Crippen LogP contribution in [0.1, 0.15) is 41.6 Å². The molecule has 0 bridgehead atoms. The highest BCUT2D eigenvalue weighted by Crippen LogP contribution is 2.27. The lowest BCUT2D eigenvalue weighted by Crippen LogP contribution is -2.32. The van der Waals surface area contributed by atoms with Crippen LogP contribution in [0.3, 0.4) is 0 Å². The minimum Gasteiger partial charge on any atom is -0.322 e. The Hall–Kier alpha value is -2.49. The fourth-order valence-electron chi connectivity index (χ4n) is 3.38. The molecule has 3 rings (SSSR count). The topological polar surface area (TPSA) is 110 Å². The third kappa shape index (κ3) is 4.80. The molecule has 0 aromatic heterocycles. The van der Waals surface area contributed by atoms with Crippen LogP contribution in [-0.4, -0.2) is 36.6 Å². The number of nitro groups is 1. The number of amides is 1. The van der Waals surface area contributed by atoms with Gasteiger partial charge in [-0.05, 0) is 43.5 Å². The van der Waals surface area contributed by atoms with E-state index in [1.54, 1.807) is 19.1 Å². The number of halogens is 1. The third-order valence-electron chi connectivity index (χ3n) is 5.03. The Morgan fingerprint density at radius 1 is 1.10 bits per heavy atom. The van der Waals surface area contributed by atoms with Crippen molar-refractivity contribution in [2.45, 2.75) is 37.5 Å². The quantitative estimate of drug-likeness (QED) is 0.536. The van der Waals surface area contributed by atoms with Crippen molar-refractivity contribution in [1.82, 2.24) is 4.31 Å². The standard InChI is InChI=1S/C20H22ClN3O5S/c1-14-6-7-15(12-19(14)30(28,29)23-10-4-2-3-5-11-23)22-20(25)17-13-16(24(26)27)8-9-18(17)21/h6-9,12-13H,2-5,10-11H2,1H3,(H,22,25). The van der Waals surface area contributed by atoms with E-state index in [0.717, 1.165) is 31.7 Å².